The molecule has 2 heterocycles. The van der Waals surface area contributed by atoms with E-state index in [4.69, 9.17) is 14.5 Å². The zero-order chi connectivity index (χ0) is 19.3. The Morgan fingerprint density at radius 3 is 2.79 bits per heavy atom. The summed E-state index contributed by atoms with van der Waals surface area (Å²) in [5, 5.41) is 10.9. The minimum Gasteiger partial charge on any atom is -0.514 e. The van der Waals surface area contributed by atoms with Gasteiger partial charge in [-0.25, -0.2) is 4.98 Å². The zero-order valence-electron chi connectivity index (χ0n) is 16.2. The summed E-state index contributed by atoms with van der Waals surface area (Å²) in [5.41, 5.74) is 1.43. The number of rotatable bonds is 3. The SMILES string of the molecule is CC1(C)CC[C@@H]2N=C(c3[c-]c(Oc4ccc5cccc(O)c5n4)ccc3)O[C@@H]21.[Pt]. The van der Waals surface area contributed by atoms with E-state index in [1.165, 1.54) is 0 Å². The Morgan fingerprint density at radius 2 is 1.97 bits per heavy atom. The molecule has 5 rings (SSSR count). The molecule has 0 saturated heterocycles. The van der Waals surface area contributed by atoms with Crippen LogP contribution in [0, 0.1) is 11.5 Å². The van der Waals surface area contributed by atoms with Crippen LogP contribution in [0.1, 0.15) is 32.3 Å². The predicted molar refractivity (Wildman–Crippen MR) is 107 cm³/mol. The van der Waals surface area contributed by atoms with Crippen LogP contribution in [-0.4, -0.2) is 28.1 Å². The Balaban J connectivity index is 0.00000205. The summed E-state index contributed by atoms with van der Waals surface area (Å²) in [6, 6.07) is 18.0. The number of phenolic OH excluding ortho intramolecular Hbond substituents is 1. The molecule has 1 aliphatic heterocycles. The van der Waals surface area contributed by atoms with Crippen molar-refractivity contribution in [3.8, 4) is 17.4 Å². The standard InChI is InChI=1S/C23H21N2O3.Pt/c1-23(2)12-11-17-21(23)28-22(24-17)15-6-3-7-16(13-15)27-19-10-9-14-5-4-8-18(26)20(14)25-19;/h3-10,17,21,26H,11-12H2,1-2H3;/q-1;/t17-,21-;/m0./s1. The van der Waals surface area contributed by atoms with Crippen LogP contribution >= 0.6 is 0 Å². The van der Waals surface area contributed by atoms with Crippen molar-refractivity contribution in [3.63, 3.8) is 0 Å². The van der Waals surface area contributed by atoms with Crippen molar-refractivity contribution in [2.45, 2.75) is 38.8 Å². The van der Waals surface area contributed by atoms with Gasteiger partial charge < -0.3 is 14.6 Å². The first-order valence-corrected chi connectivity index (χ1v) is 9.53. The van der Waals surface area contributed by atoms with Crippen molar-refractivity contribution < 1.29 is 35.6 Å². The van der Waals surface area contributed by atoms with Gasteiger partial charge in [0.1, 0.15) is 23.3 Å². The molecule has 1 N–H and O–H groups in total. The molecule has 3 aromatic rings. The summed E-state index contributed by atoms with van der Waals surface area (Å²) in [6.07, 6.45) is 2.32. The van der Waals surface area contributed by atoms with Crippen LogP contribution in [0.3, 0.4) is 0 Å². The van der Waals surface area contributed by atoms with Crippen molar-refractivity contribution in [1.82, 2.24) is 4.98 Å². The summed E-state index contributed by atoms with van der Waals surface area (Å²) < 4.78 is 12.1. The average Bonchev–Trinajstić information content (AvgIpc) is 3.24. The number of pyridine rings is 1. The maximum atomic E-state index is 10.0. The molecule has 1 aliphatic carbocycles. The molecule has 0 unspecified atom stereocenters. The molecule has 29 heavy (non-hydrogen) atoms. The Kier molecular flexibility index (Phi) is 5.12. The number of aromatic hydroxyl groups is 1. The van der Waals surface area contributed by atoms with Crippen molar-refractivity contribution in [2.75, 3.05) is 0 Å². The van der Waals surface area contributed by atoms with Crippen molar-refractivity contribution >= 4 is 16.8 Å². The Labute approximate surface area is 184 Å². The number of phenols is 1. The normalized spacial score (nSPS) is 21.8. The number of nitrogens with zero attached hydrogens (tertiary/aromatic N) is 2. The molecule has 0 spiro atoms. The van der Waals surface area contributed by atoms with Crippen LogP contribution in [0.15, 0.2) is 53.5 Å². The fourth-order valence-corrected chi connectivity index (χ4v) is 4.05. The van der Waals surface area contributed by atoms with Gasteiger partial charge in [-0.3, -0.25) is 4.99 Å². The van der Waals surface area contributed by atoms with Gasteiger partial charge in [0.25, 0.3) is 0 Å². The number of hydrogen-bond acceptors (Lipinski definition) is 5. The van der Waals surface area contributed by atoms with E-state index in [2.05, 4.69) is 24.9 Å². The number of aromatic nitrogens is 1. The number of benzene rings is 2. The van der Waals surface area contributed by atoms with Gasteiger partial charge in [-0.1, -0.05) is 37.6 Å². The molecule has 2 atom stereocenters. The smallest absolute Gasteiger partial charge is 0.217 e. The van der Waals surface area contributed by atoms with Gasteiger partial charge in [0.2, 0.25) is 5.88 Å². The third-order valence-electron chi connectivity index (χ3n) is 5.61. The number of ether oxygens (including phenoxy) is 2. The average molecular weight is 569 g/mol. The molecular weight excluding hydrogens is 547 g/mol. The molecule has 0 amide bonds. The second kappa shape index (κ2) is 7.46. The molecule has 152 valence electrons. The zero-order valence-corrected chi connectivity index (χ0v) is 18.4. The molecule has 1 aromatic heterocycles. The summed E-state index contributed by atoms with van der Waals surface area (Å²) >= 11 is 0. The van der Waals surface area contributed by atoms with E-state index in [1.807, 2.05) is 30.3 Å². The molecule has 1 saturated carbocycles. The third-order valence-corrected chi connectivity index (χ3v) is 5.61. The number of aliphatic imine (C=N–C) groups is 1. The van der Waals surface area contributed by atoms with Gasteiger partial charge in [0.15, 0.2) is 0 Å². The number of para-hydroxylation sites is 1. The predicted octanol–water partition coefficient (Wildman–Crippen LogP) is 4.86. The van der Waals surface area contributed by atoms with Crippen LogP contribution in [0.5, 0.6) is 17.4 Å². The van der Waals surface area contributed by atoms with Crippen LogP contribution < -0.4 is 4.74 Å². The van der Waals surface area contributed by atoms with E-state index in [1.54, 1.807) is 18.2 Å². The molecule has 5 nitrogen and oxygen atoms in total. The first-order valence-electron chi connectivity index (χ1n) is 9.53. The fourth-order valence-electron chi connectivity index (χ4n) is 4.05. The number of fused-ring (bicyclic) bond motifs is 2. The van der Waals surface area contributed by atoms with E-state index in [0.29, 0.717) is 23.0 Å². The molecule has 1 fully saturated rings. The minimum absolute atomic E-state index is 0. The second-order valence-corrected chi connectivity index (χ2v) is 8.10. The maximum Gasteiger partial charge on any atom is 0.217 e. The van der Waals surface area contributed by atoms with Crippen LogP contribution in [-0.2, 0) is 25.8 Å². The van der Waals surface area contributed by atoms with Gasteiger partial charge in [-0.2, -0.15) is 0 Å². The Morgan fingerprint density at radius 1 is 1.14 bits per heavy atom. The quantitative estimate of drug-likeness (QED) is 0.459. The summed E-state index contributed by atoms with van der Waals surface area (Å²) in [6.45, 7) is 4.47. The fraction of sp³-hybridized carbons (Fsp3) is 0.304. The van der Waals surface area contributed by atoms with E-state index in [0.717, 1.165) is 23.8 Å². The first kappa shape index (κ1) is 19.9. The Bertz CT molecular complexity index is 1100. The molecule has 0 bridgehead atoms. The summed E-state index contributed by atoms with van der Waals surface area (Å²) in [5.74, 6) is 1.69. The summed E-state index contributed by atoms with van der Waals surface area (Å²) in [4.78, 5) is 9.18. The molecule has 2 aromatic carbocycles. The molecule has 6 heteroatoms. The topological polar surface area (TPSA) is 63.9 Å². The summed E-state index contributed by atoms with van der Waals surface area (Å²) in [7, 11) is 0. The van der Waals surface area contributed by atoms with Gasteiger partial charge in [-0.15, -0.1) is 18.2 Å². The van der Waals surface area contributed by atoms with Crippen LogP contribution in [0.4, 0.5) is 0 Å². The third kappa shape index (κ3) is 3.64. The minimum atomic E-state index is 0. The van der Waals surface area contributed by atoms with E-state index in [-0.39, 0.29) is 44.4 Å². The first-order chi connectivity index (χ1) is 13.5. The van der Waals surface area contributed by atoms with Crippen LogP contribution in [0.25, 0.3) is 10.9 Å². The number of hydrogen-bond donors (Lipinski definition) is 1. The van der Waals surface area contributed by atoms with Gasteiger partial charge in [-0.05, 0) is 25.0 Å². The van der Waals surface area contributed by atoms with Gasteiger partial charge in [0.05, 0.1) is 6.04 Å². The van der Waals surface area contributed by atoms with Crippen molar-refractivity contribution in [2.24, 2.45) is 10.4 Å². The Hall–Kier alpha value is -2.39. The van der Waals surface area contributed by atoms with Crippen LogP contribution in [0.2, 0.25) is 0 Å². The maximum absolute atomic E-state index is 10.0. The van der Waals surface area contributed by atoms with E-state index < -0.39 is 0 Å². The van der Waals surface area contributed by atoms with Gasteiger partial charge >= 0.3 is 0 Å². The van der Waals surface area contributed by atoms with E-state index in [9.17, 15) is 5.11 Å². The largest absolute Gasteiger partial charge is 0.514 e. The van der Waals surface area contributed by atoms with Gasteiger partial charge in [0, 0.05) is 43.7 Å². The van der Waals surface area contributed by atoms with Crippen molar-refractivity contribution in [1.29, 1.82) is 0 Å². The second-order valence-electron chi connectivity index (χ2n) is 8.10. The monoisotopic (exact) mass is 568 g/mol. The molecule has 2 aliphatic rings. The van der Waals surface area contributed by atoms with Crippen molar-refractivity contribution in [3.05, 3.63) is 60.2 Å². The van der Waals surface area contributed by atoms with E-state index >= 15 is 0 Å². The molecule has 0 radical (unpaired) electrons. The molecular formula is C23H21N2O3Pt-.